The maximum atomic E-state index is 13.7. The van der Waals surface area contributed by atoms with Gasteiger partial charge in [0.05, 0.1) is 11.8 Å². The molecule has 0 radical (unpaired) electrons. The lowest BCUT2D eigenvalue weighted by Crippen LogP contribution is -2.31. The van der Waals surface area contributed by atoms with E-state index in [4.69, 9.17) is 4.74 Å². The maximum absolute atomic E-state index is 13.7. The fourth-order valence-corrected chi connectivity index (χ4v) is 3.54. The zero-order valence-corrected chi connectivity index (χ0v) is 16.5. The topological polar surface area (TPSA) is 55.4 Å². The van der Waals surface area contributed by atoms with Crippen LogP contribution >= 0.6 is 11.8 Å². The molecule has 0 aliphatic heterocycles. The quantitative estimate of drug-likeness (QED) is 0.452. The second-order valence-electron chi connectivity index (χ2n) is 6.41. The van der Waals surface area contributed by atoms with Gasteiger partial charge in [-0.2, -0.15) is 0 Å². The van der Waals surface area contributed by atoms with Crippen LogP contribution in [0.3, 0.4) is 0 Å². The highest BCUT2D eigenvalue weighted by Crippen LogP contribution is 2.23. The highest BCUT2D eigenvalue weighted by Gasteiger charge is 2.15. The van der Waals surface area contributed by atoms with Crippen LogP contribution in [0.2, 0.25) is 0 Å². The fourth-order valence-electron chi connectivity index (χ4n) is 2.80. The molecule has 1 atom stereocenters. The Morgan fingerprint density at radius 3 is 2.55 bits per heavy atom. The third-order valence-corrected chi connectivity index (χ3v) is 5.22. The molecule has 0 spiro atoms. The number of carbonyl (C=O) groups excluding carboxylic acids is 2. The zero-order chi connectivity index (χ0) is 20.8. The molecule has 150 valence electrons. The third-order valence-electron chi connectivity index (χ3n) is 4.25. The van der Waals surface area contributed by atoms with E-state index in [2.05, 4.69) is 5.32 Å². The standard InChI is InChI=1S/C22H19F2NO3S/c1-14(19-9-7-17(23)11-20(19)24)25-21(26)12-28-22(27)13-29-18-8-6-15-4-2-3-5-16(15)10-18/h2-11,14H,12-13H2,1H3,(H,25,26). The van der Waals surface area contributed by atoms with Gasteiger partial charge in [-0.15, -0.1) is 11.8 Å². The molecule has 3 rings (SSSR count). The highest BCUT2D eigenvalue weighted by atomic mass is 32.2. The Balaban J connectivity index is 1.45. The predicted octanol–water partition coefficient (Wildman–Crippen LogP) is 4.63. The Bertz CT molecular complexity index is 1040. The lowest BCUT2D eigenvalue weighted by Gasteiger charge is -2.15. The van der Waals surface area contributed by atoms with E-state index in [1.807, 2.05) is 42.5 Å². The molecule has 1 unspecified atom stereocenters. The summed E-state index contributed by atoms with van der Waals surface area (Å²) in [7, 11) is 0. The Morgan fingerprint density at radius 2 is 1.79 bits per heavy atom. The Morgan fingerprint density at radius 1 is 1.03 bits per heavy atom. The van der Waals surface area contributed by atoms with Crippen molar-refractivity contribution in [1.82, 2.24) is 5.32 Å². The Labute approximate surface area is 171 Å². The molecule has 4 nitrogen and oxygen atoms in total. The number of ether oxygens (including phenoxy) is 1. The van der Waals surface area contributed by atoms with E-state index in [9.17, 15) is 18.4 Å². The van der Waals surface area contributed by atoms with Gasteiger partial charge in [0.15, 0.2) is 6.61 Å². The molecule has 0 saturated heterocycles. The SMILES string of the molecule is CC(NC(=O)COC(=O)CSc1ccc2ccccc2c1)c1ccc(F)cc1F. The van der Waals surface area contributed by atoms with E-state index in [-0.39, 0.29) is 11.3 Å². The minimum atomic E-state index is -0.749. The van der Waals surface area contributed by atoms with Crippen LogP contribution in [0.25, 0.3) is 10.8 Å². The Hall–Kier alpha value is -2.93. The van der Waals surface area contributed by atoms with Crippen molar-refractivity contribution >= 4 is 34.4 Å². The van der Waals surface area contributed by atoms with Gasteiger partial charge >= 0.3 is 5.97 Å². The fraction of sp³-hybridized carbons (Fsp3) is 0.182. The van der Waals surface area contributed by atoms with Crippen molar-refractivity contribution in [2.75, 3.05) is 12.4 Å². The molecule has 0 aromatic heterocycles. The molecule has 1 amide bonds. The molecule has 0 heterocycles. The molecule has 0 aliphatic carbocycles. The number of fused-ring (bicyclic) bond motifs is 1. The first-order valence-electron chi connectivity index (χ1n) is 8.94. The lowest BCUT2D eigenvalue weighted by molar-refractivity contribution is -0.146. The number of carbonyl (C=O) groups is 2. The van der Waals surface area contributed by atoms with Crippen LogP contribution in [0.4, 0.5) is 8.78 Å². The normalized spacial score (nSPS) is 11.8. The van der Waals surface area contributed by atoms with Gasteiger partial charge in [0.1, 0.15) is 11.6 Å². The van der Waals surface area contributed by atoms with E-state index in [1.54, 1.807) is 6.92 Å². The van der Waals surface area contributed by atoms with Gasteiger partial charge in [-0.1, -0.05) is 36.4 Å². The summed E-state index contributed by atoms with van der Waals surface area (Å²) < 4.78 is 31.7. The van der Waals surface area contributed by atoms with Gasteiger partial charge in [-0.3, -0.25) is 9.59 Å². The third kappa shape index (κ3) is 5.77. The van der Waals surface area contributed by atoms with Gasteiger partial charge in [-0.25, -0.2) is 8.78 Å². The van der Waals surface area contributed by atoms with Crippen molar-refractivity contribution in [1.29, 1.82) is 0 Å². The summed E-state index contributed by atoms with van der Waals surface area (Å²) in [4.78, 5) is 24.8. The first-order chi connectivity index (χ1) is 13.9. The average Bonchev–Trinajstić information content (AvgIpc) is 2.70. The number of amides is 1. The van der Waals surface area contributed by atoms with E-state index < -0.39 is 36.2 Å². The summed E-state index contributed by atoms with van der Waals surface area (Å²) in [6.07, 6.45) is 0. The number of hydrogen-bond donors (Lipinski definition) is 1. The van der Waals surface area contributed by atoms with Gasteiger partial charge in [0, 0.05) is 16.5 Å². The Kier molecular flexibility index (Phi) is 6.82. The van der Waals surface area contributed by atoms with Crippen LogP contribution in [0.5, 0.6) is 0 Å². The summed E-state index contributed by atoms with van der Waals surface area (Å²) >= 11 is 1.32. The maximum Gasteiger partial charge on any atom is 0.316 e. The smallest absolute Gasteiger partial charge is 0.316 e. The van der Waals surface area contributed by atoms with Crippen LogP contribution in [0.1, 0.15) is 18.5 Å². The molecule has 29 heavy (non-hydrogen) atoms. The van der Waals surface area contributed by atoms with Crippen molar-refractivity contribution < 1.29 is 23.1 Å². The van der Waals surface area contributed by atoms with Crippen LogP contribution in [-0.2, 0) is 14.3 Å². The minimum Gasteiger partial charge on any atom is -0.455 e. The number of thioether (sulfide) groups is 1. The number of nitrogens with one attached hydrogen (secondary N) is 1. The number of rotatable bonds is 7. The monoisotopic (exact) mass is 415 g/mol. The van der Waals surface area contributed by atoms with Gasteiger partial charge in [0.2, 0.25) is 0 Å². The molecule has 0 aliphatic rings. The van der Waals surface area contributed by atoms with E-state index in [1.165, 1.54) is 17.8 Å². The van der Waals surface area contributed by atoms with Gasteiger partial charge < -0.3 is 10.1 Å². The second-order valence-corrected chi connectivity index (χ2v) is 7.46. The largest absolute Gasteiger partial charge is 0.455 e. The van der Waals surface area contributed by atoms with Crippen LogP contribution in [-0.4, -0.2) is 24.2 Å². The lowest BCUT2D eigenvalue weighted by atomic mass is 10.1. The van der Waals surface area contributed by atoms with Crippen LogP contribution < -0.4 is 5.32 Å². The van der Waals surface area contributed by atoms with Crippen LogP contribution in [0.15, 0.2) is 65.6 Å². The molecule has 0 fully saturated rings. The van der Waals surface area contributed by atoms with Gasteiger partial charge in [0.25, 0.3) is 5.91 Å². The zero-order valence-electron chi connectivity index (χ0n) is 15.7. The van der Waals surface area contributed by atoms with Crippen molar-refractivity contribution in [3.63, 3.8) is 0 Å². The second kappa shape index (κ2) is 9.52. The van der Waals surface area contributed by atoms with E-state index >= 15 is 0 Å². The summed E-state index contributed by atoms with van der Waals surface area (Å²) in [6, 6.07) is 16.2. The number of hydrogen-bond acceptors (Lipinski definition) is 4. The van der Waals surface area contributed by atoms with Crippen molar-refractivity contribution in [3.05, 3.63) is 77.9 Å². The summed E-state index contributed by atoms with van der Waals surface area (Å²) in [5.74, 6) is -2.47. The van der Waals surface area contributed by atoms with Gasteiger partial charge in [-0.05, 0) is 35.9 Å². The first-order valence-corrected chi connectivity index (χ1v) is 9.92. The van der Waals surface area contributed by atoms with Crippen molar-refractivity contribution in [2.45, 2.75) is 17.9 Å². The average molecular weight is 415 g/mol. The molecular weight excluding hydrogens is 396 g/mol. The van der Waals surface area contributed by atoms with Crippen molar-refractivity contribution in [3.8, 4) is 0 Å². The first kappa shape index (κ1) is 20.8. The number of benzene rings is 3. The summed E-state index contributed by atoms with van der Waals surface area (Å²) in [5.41, 5.74) is 0.151. The molecule has 3 aromatic carbocycles. The minimum absolute atomic E-state index is 0.0633. The molecule has 3 aromatic rings. The van der Waals surface area contributed by atoms with E-state index in [0.717, 1.165) is 27.8 Å². The molecule has 1 N–H and O–H groups in total. The number of halogens is 2. The molecule has 0 bridgehead atoms. The van der Waals surface area contributed by atoms with E-state index in [0.29, 0.717) is 0 Å². The highest BCUT2D eigenvalue weighted by molar-refractivity contribution is 8.00. The summed E-state index contributed by atoms with van der Waals surface area (Å²) in [6.45, 7) is 1.09. The van der Waals surface area contributed by atoms with Crippen LogP contribution in [0, 0.1) is 11.6 Å². The molecular formula is C22H19F2NO3S. The summed E-state index contributed by atoms with van der Waals surface area (Å²) in [5, 5.41) is 4.71. The number of esters is 1. The molecule has 7 heteroatoms. The molecule has 0 saturated carbocycles. The van der Waals surface area contributed by atoms with Crippen molar-refractivity contribution in [2.24, 2.45) is 0 Å². The predicted molar refractivity (Wildman–Crippen MR) is 109 cm³/mol.